The molecule has 0 unspecified atom stereocenters. The molecule has 3 aromatic rings. The fourth-order valence-corrected chi connectivity index (χ4v) is 3.55. The lowest BCUT2D eigenvalue weighted by Crippen LogP contribution is -2.46. The summed E-state index contributed by atoms with van der Waals surface area (Å²) in [7, 11) is 0. The fraction of sp³-hybridized carbons (Fsp3) is 0.240. The van der Waals surface area contributed by atoms with Crippen LogP contribution < -0.4 is 10.1 Å². The van der Waals surface area contributed by atoms with Crippen molar-refractivity contribution in [3.05, 3.63) is 70.4 Å². The Bertz CT molecular complexity index is 1400. The highest BCUT2D eigenvalue weighted by Gasteiger charge is 2.29. The fourth-order valence-electron chi connectivity index (χ4n) is 3.33. The second kappa shape index (κ2) is 12.5. The van der Waals surface area contributed by atoms with Crippen molar-refractivity contribution in [1.82, 2.24) is 10.5 Å². The summed E-state index contributed by atoms with van der Waals surface area (Å²) in [5, 5.41) is 15.3. The van der Waals surface area contributed by atoms with E-state index in [0.717, 1.165) is 0 Å². The number of hydrogen-bond acceptors (Lipinski definition) is 7. The summed E-state index contributed by atoms with van der Waals surface area (Å²) in [5.41, 5.74) is 0.372. The second-order valence-electron chi connectivity index (χ2n) is 8.30. The minimum atomic E-state index is -1.90. The van der Waals surface area contributed by atoms with Crippen molar-refractivity contribution >= 4 is 35.0 Å². The molecule has 0 spiro atoms. The van der Waals surface area contributed by atoms with Gasteiger partial charge in [0.1, 0.15) is 18.3 Å². The first kappa shape index (κ1) is 29.3. The highest BCUT2D eigenvalue weighted by atomic mass is 35.5. The molecule has 0 saturated heterocycles. The third-order valence-electron chi connectivity index (χ3n) is 5.39. The standard InChI is InChI=1S/C25H19ClF4N2O7/c1-11(6-18(33)17-8-20(39-32-17)12-4-2-3-5-13(12)26)25(37)31-16(9-21(35)36)19(34)10-38-24-22(29)14(27)7-15(28)23(24)30/h2-5,7-8,11,16H,6,9-10H2,1H3,(H,31,37)(H,35,36)/t11-,16+/m1/s1. The van der Waals surface area contributed by atoms with Crippen LogP contribution in [0.15, 0.2) is 40.9 Å². The van der Waals surface area contributed by atoms with E-state index >= 15 is 0 Å². The lowest BCUT2D eigenvalue weighted by Gasteiger charge is -2.19. The molecule has 9 nitrogen and oxygen atoms in total. The van der Waals surface area contributed by atoms with Gasteiger partial charge in [0.05, 0.1) is 11.4 Å². The Morgan fingerprint density at radius 3 is 2.31 bits per heavy atom. The third kappa shape index (κ3) is 7.19. The van der Waals surface area contributed by atoms with E-state index in [0.29, 0.717) is 10.6 Å². The minimum absolute atomic E-state index is 0.0633. The van der Waals surface area contributed by atoms with E-state index in [9.17, 15) is 36.7 Å². The van der Waals surface area contributed by atoms with Gasteiger partial charge in [-0.05, 0) is 12.1 Å². The maximum Gasteiger partial charge on any atom is 0.305 e. The van der Waals surface area contributed by atoms with Crippen LogP contribution in [0.25, 0.3) is 11.3 Å². The molecule has 1 aromatic heterocycles. The number of carboxylic acid groups (broad SMARTS) is 1. The van der Waals surface area contributed by atoms with Crippen LogP contribution in [0, 0.1) is 29.2 Å². The maximum atomic E-state index is 13.8. The average molecular weight is 571 g/mol. The zero-order chi connectivity index (χ0) is 28.9. The molecule has 0 aliphatic rings. The van der Waals surface area contributed by atoms with Gasteiger partial charge >= 0.3 is 5.97 Å². The lowest BCUT2D eigenvalue weighted by molar-refractivity contribution is -0.140. The smallest absolute Gasteiger partial charge is 0.305 e. The molecule has 2 N–H and O–H groups in total. The van der Waals surface area contributed by atoms with E-state index in [4.69, 9.17) is 21.2 Å². The summed E-state index contributed by atoms with van der Waals surface area (Å²) in [6, 6.07) is 6.15. The van der Waals surface area contributed by atoms with Gasteiger partial charge in [0.25, 0.3) is 0 Å². The zero-order valence-corrected chi connectivity index (χ0v) is 20.7. The Morgan fingerprint density at radius 1 is 1.05 bits per heavy atom. The first-order valence-corrected chi connectivity index (χ1v) is 11.5. The van der Waals surface area contributed by atoms with Gasteiger partial charge < -0.3 is 19.7 Å². The Kier molecular flexibility index (Phi) is 9.41. The molecule has 3 rings (SSSR count). The molecule has 1 amide bonds. The predicted molar refractivity (Wildman–Crippen MR) is 126 cm³/mol. The van der Waals surface area contributed by atoms with Crippen LogP contribution in [-0.2, 0) is 14.4 Å². The van der Waals surface area contributed by atoms with Crippen LogP contribution in [0.1, 0.15) is 30.3 Å². The quantitative estimate of drug-likeness (QED) is 0.186. The molecule has 0 aliphatic heterocycles. The van der Waals surface area contributed by atoms with Gasteiger partial charge in [-0.3, -0.25) is 19.2 Å². The van der Waals surface area contributed by atoms with E-state index in [1.54, 1.807) is 24.3 Å². The number of carboxylic acids is 1. The molecular weight excluding hydrogens is 552 g/mol. The number of carbonyl (C=O) groups excluding carboxylic acids is 3. The summed E-state index contributed by atoms with van der Waals surface area (Å²) >= 11 is 6.10. The van der Waals surface area contributed by atoms with Gasteiger partial charge in [0.15, 0.2) is 34.7 Å². The summed E-state index contributed by atoms with van der Waals surface area (Å²) < 4.78 is 63.9. The number of carbonyl (C=O) groups is 4. The Labute approximate surface area is 222 Å². The SMILES string of the molecule is C[C@H](CC(=O)c1cc(-c2ccccc2Cl)on1)C(=O)N[C@@H](CC(=O)O)C(=O)COc1c(F)c(F)cc(F)c1F. The Morgan fingerprint density at radius 2 is 1.69 bits per heavy atom. The van der Waals surface area contributed by atoms with Crippen molar-refractivity contribution in [3.8, 4) is 17.1 Å². The monoisotopic (exact) mass is 570 g/mol. The number of ether oxygens (including phenoxy) is 1. The molecule has 0 bridgehead atoms. The van der Waals surface area contributed by atoms with Gasteiger partial charge in [-0.1, -0.05) is 35.8 Å². The number of rotatable bonds is 12. The Balaban J connectivity index is 1.64. The number of Topliss-reactive ketones (excluding diaryl/α,β-unsaturated/α-hetero) is 2. The number of aromatic nitrogens is 1. The molecule has 0 aliphatic carbocycles. The highest BCUT2D eigenvalue weighted by molar-refractivity contribution is 6.33. The molecular formula is C25H19ClF4N2O7. The van der Waals surface area contributed by atoms with Crippen molar-refractivity contribution < 1.29 is 51.1 Å². The lowest BCUT2D eigenvalue weighted by atomic mass is 10.00. The zero-order valence-electron chi connectivity index (χ0n) is 20.0. The minimum Gasteiger partial charge on any atom is -0.481 e. The number of hydrogen-bond donors (Lipinski definition) is 2. The molecule has 0 radical (unpaired) electrons. The predicted octanol–water partition coefficient (Wildman–Crippen LogP) is 4.37. The largest absolute Gasteiger partial charge is 0.481 e. The summed E-state index contributed by atoms with van der Waals surface area (Å²) in [6.07, 6.45) is -1.37. The van der Waals surface area contributed by atoms with Crippen molar-refractivity contribution in [3.63, 3.8) is 0 Å². The number of nitrogens with one attached hydrogen (secondary N) is 1. The van der Waals surface area contributed by atoms with Crippen LogP contribution in [0.2, 0.25) is 5.02 Å². The number of aliphatic carboxylic acids is 1. The average Bonchev–Trinajstić information content (AvgIpc) is 3.37. The highest BCUT2D eigenvalue weighted by Crippen LogP contribution is 2.29. The summed E-state index contributed by atoms with van der Waals surface area (Å²) in [4.78, 5) is 48.9. The van der Waals surface area contributed by atoms with Crippen LogP contribution in [0.4, 0.5) is 17.6 Å². The molecule has 0 fully saturated rings. The number of nitrogens with zero attached hydrogens (tertiary/aromatic N) is 1. The summed E-state index contributed by atoms with van der Waals surface area (Å²) in [5.74, 6) is -14.0. The molecule has 206 valence electrons. The topological polar surface area (TPSA) is 136 Å². The van der Waals surface area contributed by atoms with Crippen LogP contribution in [0.3, 0.4) is 0 Å². The van der Waals surface area contributed by atoms with Crippen molar-refractivity contribution in [2.75, 3.05) is 6.61 Å². The second-order valence-corrected chi connectivity index (χ2v) is 8.70. The number of halogens is 5. The molecule has 2 atom stereocenters. The van der Waals surface area contributed by atoms with Gasteiger partial charge in [-0.15, -0.1) is 0 Å². The number of ketones is 2. The van der Waals surface area contributed by atoms with E-state index in [1.807, 2.05) is 0 Å². The number of benzene rings is 2. The van der Waals surface area contributed by atoms with Crippen molar-refractivity contribution in [1.29, 1.82) is 0 Å². The normalized spacial score (nSPS) is 12.5. The molecule has 2 aromatic carbocycles. The van der Waals surface area contributed by atoms with Gasteiger partial charge in [-0.25, -0.2) is 8.78 Å². The first-order valence-electron chi connectivity index (χ1n) is 11.1. The number of amides is 1. The van der Waals surface area contributed by atoms with Crippen molar-refractivity contribution in [2.45, 2.75) is 25.8 Å². The van der Waals surface area contributed by atoms with Gasteiger partial charge in [0, 0.05) is 30.0 Å². The van der Waals surface area contributed by atoms with Crippen molar-refractivity contribution in [2.24, 2.45) is 5.92 Å². The molecule has 0 saturated carbocycles. The van der Waals surface area contributed by atoms with E-state index in [-0.39, 0.29) is 17.5 Å². The molecule has 14 heteroatoms. The van der Waals surface area contributed by atoms with Crippen LogP contribution in [0.5, 0.6) is 5.75 Å². The van der Waals surface area contributed by atoms with E-state index in [2.05, 4.69) is 15.2 Å². The van der Waals surface area contributed by atoms with Gasteiger partial charge in [-0.2, -0.15) is 8.78 Å². The molecule has 1 heterocycles. The first-order chi connectivity index (χ1) is 18.4. The van der Waals surface area contributed by atoms with E-state index < -0.39 is 83.9 Å². The molecule has 39 heavy (non-hydrogen) atoms. The van der Waals surface area contributed by atoms with Crippen LogP contribution >= 0.6 is 11.6 Å². The Hall–Kier alpha value is -4.26. The van der Waals surface area contributed by atoms with Gasteiger partial charge in [0.2, 0.25) is 17.5 Å². The summed E-state index contributed by atoms with van der Waals surface area (Å²) in [6.45, 7) is 0.0907. The van der Waals surface area contributed by atoms with E-state index in [1.165, 1.54) is 13.0 Å². The maximum absolute atomic E-state index is 13.8. The third-order valence-corrected chi connectivity index (χ3v) is 5.72. The van der Waals surface area contributed by atoms with Crippen LogP contribution in [-0.4, -0.2) is 46.4 Å².